The number of ether oxygens (including phenoxy) is 2. The van der Waals surface area contributed by atoms with Crippen molar-refractivity contribution in [1.82, 2.24) is 0 Å². The molecule has 4 N–H and O–H groups in total. The monoisotopic (exact) mass is 303 g/mol. The smallest absolute Gasteiger partial charge is 0.252 e. The summed E-state index contributed by atoms with van der Waals surface area (Å²) in [6.45, 7) is 0. The van der Waals surface area contributed by atoms with Gasteiger partial charge in [0.05, 0.1) is 19.8 Å². The van der Waals surface area contributed by atoms with Crippen molar-refractivity contribution in [2.24, 2.45) is 5.73 Å². The second-order valence-electron chi connectivity index (χ2n) is 4.68. The SMILES string of the molecule is COc1ccc(C(N)=O)c(OC)c1Cc1ccc(O)cc1O. The number of carbonyl (C=O) groups excluding carboxylic acids is 1. The van der Waals surface area contributed by atoms with Crippen molar-refractivity contribution in [2.45, 2.75) is 6.42 Å². The lowest BCUT2D eigenvalue weighted by Gasteiger charge is -2.16. The zero-order chi connectivity index (χ0) is 16.3. The first-order chi connectivity index (χ1) is 10.5. The first kappa shape index (κ1) is 15.5. The number of hydrogen-bond acceptors (Lipinski definition) is 5. The second-order valence-corrected chi connectivity index (χ2v) is 4.68. The molecule has 2 aromatic rings. The van der Waals surface area contributed by atoms with Gasteiger partial charge in [0.2, 0.25) is 0 Å². The average Bonchev–Trinajstić information content (AvgIpc) is 2.49. The van der Waals surface area contributed by atoms with Crippen molar-refractivity contribution in [2.75, 3.05) is 14.2 Å². The number of aromatic hydroxyl groups is 2. The number of hydrogen-bond donors (Lipinski definition) is 3. The van der Waals surface area contributed by atoms with Crippen LogP contribution in [0.1, 0.15) is 21.5 Å². The molecular weight excluding hydrogens is 286 g/mol. The molecule has 0 saturated heterocycles. The van der Waals surface area contributed by atoms with Crippen molar-refractivity contribution in [3.05, 3.63) is 47.0 Å². The van der Waals surface area contributed by atoms with Gasteiger partial charge in [0.25, 0.3) is 5.91 Å². The molecule has 0 atom stereocenters. The lowest BCUT2D eigenvalue weighted by molar-refractivity contribution is 0.0997. The molecule has 2 rings (SSSR count). The van der Waals surface area contributed by atoms with Gasteiger partial charge in [-0.1, -0.05) is 6.07 Å². The van der Waals surface area contributed by atoms with E-state index in [4.69, 9.17) is 15.2 Å². The summed E-state index contributed by atoms with van der Waals surface area (Å²) in [5, 5.41) is 19.3. The summed E-state index contributed by atoms with van der Waals surface area (Å²) in [4.78, 5) is 11.5. The van der Waals surface area contributed by atoms with E-state index in [-0.39, 0.29) is 23.5 Å². The Hall–Kier alpha value is -2.89. The Morgan fingerprint density at radius 3 is 2.41 bits per heavy atom. The molecule has 0 radical (unpaired) electrons. The van der Waals surface area contributed by atoms with Crippen molar-refractivity contribution < 1.29 is 24.5 Å². The lowest BCUT2D eigenvalue weighted by Crippen LogP contribution is -2.14. The molecular formula is C16H17NO5. The Balaban J connectivity index is 2.56. The van der Waals surface area contributed by atoms with E-state index < -0.39 is 5.91 Å². The highest BCUT2D eigenvalue weighted by molar-refractivity contribution is 5.96. The van der Waals surface area contributed by atoms with Crippen LogP contribution < -0.4 is 15.2 Å². The minimum absolute atomic E-state index is 0.0360. The Morgan fingerprint density at radius 2 is 1.86 bits per heavy atom. The maximum Gasteiger partial charge on any atom is 0.252 e. The quantitative estimate of drug-likeness (QED) is 0.781. The number of primary amides is 1. The molecule has 0 spiro atoms. The van der Waals surface area contributed by atoms with Crippen LogP contribution in [-0.2, 0) is 6.42 Å². The van der Waals surface area contributed by atoms with Crippen LogP contribution in [0.5, 0.6) is 23.0 Å². The van der Waals surface area contributed by atoms with E-state index >= 15 is 0 Å². The van der Waals surface area contributed by atoms with Gasteiger partial charge in [0.15, 0.2) is 0 Å². The van der Waals surface area contributed by atoms with Gasteiger partial charge >= 0.3 is 0 Å². The van der Waals surface area contributed by atoms with Crippen LogP contribution in [0.2, 0.25) is 0 Å². The Kier molecular flexibility index (Phi) is 4.41. The topological polar surface area (TPSA) is 102 Å². The summed E-state index contributed by atoms with van der Waals surface area (Å²) in [7, 11) is 2.93. The third-order valence-corrected chi connectivity index (χ3v) is 3.34. The highest BCUT2D eigenvalue weighted by Gasteiger charge is 2.19. The van der Waals surface area contributed by atoms with E-state index in [9.17, 15) is 15.0 Å². The first-order valence-electron chi connectivity index (χ1n) is 6.52. The highest BCUT2D eigenvalue weighted by atomic mass is 16.5. The zero-order valence-corrected chi connectivity index (χ0v) is 12.3. The lowest BCUT2D eigenvalue weighted by atomic mass is 9.99. The van der Waals surface area contributed by atoms with Crippen LogP contribution in [-0.4, -0.2) is 30.3 Å². The number of phenols is 2. The molecule has 0 heterocycles. The Morgan fingerprint density at radius 1 is 1.14 bits per heavy atom. The van der Waals surface area contributed by atoms with Gasteiger partial charge in [-0.2, -0.15) is 0 Å². The van der Waals surface area contributed by atoms with Crippen LogP contribution in [0.15, 0.2) is 30.3 Å². The number of nitrogens with two attached hydrogens (primary N) is 1. The number of amides is 1. The summed E-state index contributed by atoms with van der Waals surface area (Å²) in [6, 6.07) is 7.44. The molecule has 0 saturated carbocycles. The fourth-order valence-electron chi connectivity index (χ4n) is 2.29. The number of carbonyl (C=O) groups is 1. The van der Waals surface area contributed by atoms with Gasteiger partial charge in [-0.25, -0.2) is 0 Å². The second kappa shape index (κ2) is 6.26. The molecule has 0 fully saturated rings. The third-order valence-electron chi connectivity index (χ3n) is 3.34. The summed E-state index contributed by atoms with van der Waals surface area (Å²) in [5.74, 6) is 0.101. The molecule has 0 aliphatic carbocycles. The fourth-order valence-corrected chi connectivity index (χ4v) is 2.29. The minimum atomic E-state index is -0.615. The Labute approximate surface area is 127 Å². The predicted molar refractivity (Wildman–Crippen MR) is 80.6 cm³/mol. The molecule has 22 heavy (non-hydrogen) atoms. The molecule has 6 heteroatoms. The van der Waals surface area contributed by atoms with Crippen LogP contribution in [0.25, 0.3) is 0 Å². The first-order valence-corrected chi connectivity index (χ1v) is 6.52. The van der Waals surface area contributed by atoms with Gasteiger partial charge < -0.3 is 25.4 Å². The zero-order valence-electron chi connectivity index (χ0n) is 12.3. The summed E-state index contributed by atoms with van der Waals surface area (Å²) < 4.78 is 10.6. The highest BCUT2D eigenvalue weighted by Crippen LogP contribution is 2.36. The van der Waals surface area contributed by atoms with E-state index in [1.54, 1.807) is 12.1 Å². The molecule has 2 aromatic carbocycles. The summed E-state index contributed by atoms with van der Waals surface area (Å²) in [6.07, 6.45) is 0.250. The van der Waals surface area contributed by atoms with Crippen LogP contribution in [0.4, 0.5) is 0 Å². The fraction of sp³-hybridized carbons (Fsp3) is 0.188. The van der Waals surface area contributed by atoms with Crippen LogP contribution in [0.3, 0.4) is 0 Å². The molecule has 0 bridgehead atoms. The van der Waals surface area contributed by atoms with Gasteiger partial charge in [-0.3, -0.25) is 4.79 Å². The van der Waals surface area contributed by atoms with E-state index in [0.717, 1.165) is 0 Å². The molecule has 0 aromatic heterocycles. The summed E-state index contributed by atoms with van der Waals surface area (Å²) >= 11 is 0. The molecule has 0 unspecified atom stereocenters. The van der Waals surface area contributed by atoms with E-state index in [1.807, 2.05) is 0 Å². The van der Waals surface area contributed by atoms with E-state index in [0.29, 0.717) is 22.6 Å². The van der Waals surface area contributed by atoms with Gasteiger partial charge in [0, 0.05) is 18.1 Å². The van der Waals surface area contributed by atoms with Crippen molar-refractivity contribution in [3.8, 4) is 23.0 Å². The number of phenolic OH excluding ortho intramolecular Hbond substituents is 2. The standard InChI is InChI=1S/C16H17NO5/c1-21-14-6-5-11(16(17)20)15(22-2)12(14)7-9-3-4-10(18)8-13(9)19/h3-6,8,18-19H,7H2,1-2H3,(H2,17,20). The molecule has 0 aliphatic heterocycles. The number of benzene rings is 2. The van der Waals surface area contributed by atoms with Crippen molar-refractivity contribution in [3.63, 3.8) is 0 Å². The normalized spacial score (nSPS) is 10.3. The van der Waals surface area contributed by atoms with Gasteiger partial charge in [-0.05, 0) is 23.8 Å². The van der Waals surface area contributed by atoms with E-state index in [2.05, 4.69) is 0 Å². The average molecular weight is 303 g/mol. The predicted octanol–water partition coefficient (Wildman–Crippen LogP) is 1.80. The molecule has 0 aliphatic rings. The van der Waals surface area contributed by atoms with Crippen molar-refractivity contribution >= 4 is 5.91 Å². The molecule has 6 nitrogen and oxygen atoms in total. The number of methoxy groups -OCH3 is 2. The largest absolute Gasteiger partial charge is 0.508 e. The minimum Gasteiger partial charge on any atom is -0.508 e. The van der Waals surface area contributed by atoms with Crippen molar-refractivity contribution in [1.29, 1.82) is 0 Å². The third kappa shape index (κ3) is 2.90. The van der Waals surface area contributed by atoms with Crippen LogP contribution in [0, 0.1) is 0 Å². The molecule has 116 valence electrons. The van der Waals surface area contributed by atoms with Gasteiger partial charge in [-0.15, -0.1) is 0 Å². The maximum absolute atomic E-state index is 11.5. The summed E-state index contributed by atoms with van der Waals surface area (Å²) in [5.41, 5.74) is 6.72. The molecule has 1 amide bonds. The van der Waals surface area contributed by atoms with E-state index in [1.165, 1.54) is 32.4 Å². The maximum atomic E-state index is 11.5. The number of rotatable bonds is 5. The van der Waals surface area contributed by atoms with Gasteiger partial charge in [0.1, 0.15) is 23.0 Å². The Bertz CT molecular complexity index is 712. The van der Waals surface area contributed by atoms with Crippen LogP contribution >= 0.6 is 0 Å².